The lowest BCUT2D eigenvalue weighted by Gasteiger charge is -2.10. The topological polar surface area (TPSA) is 21.8 Å². The summed E-state index contributed by atoms with van der Waals surface area (Å²) < 4.78 is 44.3. The first-order valence-corrected chi connectivity index (χ1v) is 4.50. The van der Waals surface area contributed by atoms with E-state index in [2.05, 4.69) is 4.74 Å². The number of hydrogen-bond donors (Lipinski definition) is 0. The Morgan fingerprint density at radius 1 is 1.40 bits per heavy atom. The molecule has 0 radical (unpaired) electrons. The predicted octanol–water partition coefficient (Wildman–Crippen LogP) is 3.31. The minimum atomic E-state index is -4.72. The van der Waals surface area contributed by atoms with Crippen molar-refractivity contribution in [3.8, 4) is 5.75 Å². The smallest absolute Gasteiger partial charge is 0.404 e. The molecule has 0 aromatic heterocycles. The fraction of sp³-hybridized carbons (Fsp3) is 0.333. The number of hydrogen-bond acceptors (Lipinski definition) is 2. The van der Waals surface area contributed by atoms with Crippen LogP contribution in [0.2, 0.25) is 5.02 Å². The Kier molecular flexibility index (Phi) is 2.52. The second-order valence-electron chi connectivity index (χ2n) is 3.06. The van der Waals surface area contributed by atoms with Crippen molar-refractivity contribution in [1.29, 1.82) is 0 Å². The second kappa shape index (κ2) is 3.57. The number of benzene rings is 1. The van der Waals surface area contributed by atoms with Gasteiger partial charge in [0.25, 0.3) is 0 Å². The summed E-state index contributed by atoms with van der Waals surface area (Å²) in [6.07, 6.45) is -4.76. The van der Waals surface area contributed by atoms with Gasteiger partial charge in [-0.25, -0.2) is 0 Å². The maximum absolute atomic E-state index is 11.9. The third-order valence-corrected chi connectivity index (χ3v) is 2.18. The van der Waals surface area contributed by atoms with Gasteiger partial charge in [0.1, 0.15) is 11.9 Å². The molecule has 1 unspecified atom stereocenters. The lowest BCUT2D eigenvalue weighted by atomic mass is 10.1. The van der Waals surface area contributed by atoms with Crippen LogP contribution in [-0.4, -0.2) is 13.0 Å². The summed E-state index contributed by atoms with van der Waals surface area (Å²) in [6.45, 7) is 0.579. The van der Waals surface area contributed by atoms with Crippen molar-refractivity contribution in [3.05, 3.63) is 28.8 Å². The Bertz CT molecular complexity index is 374. The van der Waals surface area contributed by atoms with Crippen molar-refractivity contribution < 1.29 is 22.6 Å². The van der Waals surface area contributed by atoms with Gasteiger partial charge in [-0.3, -0.25) is 0 Å². The van der Waals surface area contributed by atoms with E-state index in [-0.39, 0.29) is 11.1 Å². The Labute approximate surface area is 88.5 Å². The molecule has 2 rings (SSSR count). The van der Waals surface area contributed by atoms with E-state index < -0.39 is 12.1 Å². The van der Waals surface area contributed by atoms with Gasteiger partial charge in [0.15, 0.2) is 0 Å². The Morgan fingerprint density at radius 2 is 2.07 bits per heavy atom. The zero-order chi connectivity index (χ0) is 11.1. The predicted molar refractivity (Wildman–Crippen MR) is 46.8 cm³/mol. The summed E-state index contributed by atoms with van der Waals surface area (Å²) in [7, 11) is 0. The van der Waals surface area contributed by atoms with Crippen LogP contribution in [-0.2, 0) is 4.74 Å². The van der Waals surface area contributed by atoms with Gasteiger partial charge in [0.2, 0.25) is 0 Å². The van der Waals surface area contributed by atoms with Gasteiger partial charge in [-0.15, -0.1) is 13.2 Å². The number of epoxide rings is 1. The zero-order valence-electron chi connectivity index (χ0n) is 7.34. The normalized spacial score (nSPS) is 20.1. The van der Waals surface area contributed by atoms with E-state index in [1.54, 1.807) is 0 Å². The van der Waals surface area contributed by atoms with Gasteiger partial charge in [-0.1, -0.05) is 17.7 Å². The molecule has 0 aliphatic carbocycles. The van der Waals surface area contributed by atoms with E-state index in [1.165, 1.54) is 18.2 Å². The van der Waals surface area contributed by atoms with Crippen LogP contribution in [0.5, 0.6) is 5.75 Å². The molecule has 1 aromatic carbocycles. The number of halogens is 4. The molecule has 2 nitrogen and oxygen atoms in total. The molecule has 6 heteroatoms. The number of rotatable bonds is 2. The SMILES string of the molecule is FC(F)(F)Oc1ccc(C2CO2)cc1Cl. The molecule has 0 spiro atoms. The van der Waals surface area contributed by atoms with Crippen molar-refractivity contribution in [2.24, 2.45) is 0 Å². The number of ether oxygens (including phenoxy) is 2. The fourth-order valence-corrected chi connectivity index (χ4v) is 1.39. The van der Waals surface area contributed by atoms with Gasteiger partial charge < -0.3 is 9.47 Å². The fourth-order valence-electron chi connectivity index (χ4n) is 1.17. The van der Waals surface area contributed by atoms with E-state index in [0.717, 1.165) is 5.56 Å². The van der Waals surface area contributed by atoms with Crippen LogP contribution in [0.25, 0.3) is 0 Å². The Hall–Kier alpha value is -0.940. The van der Waals surface area contributed by atoms with Crippen molar-refractivity contribution in [2.75, 3.05) is 6.61 Å². The summed E-state index contributed by atoms with van der Waals surface area (Å²) in [5, 5.41) is -0.0691. The van der Waals surface area contributed by atoms with Gasteiger partial charge in [0, 0.05) is 0 Å². The molecule has 0 saturated carbocycles. The summed E-state index contributed by atoms with van der Waals surface area (Å²) in [6, 6.07) is 4.11. The highest BCUT2D eigenvalue weighted by Gasteiger charge is 2.32. The summed E-state index contributed by atoms with van der Waals surface area (Å²) in [5.41, 5.74) is 0.759. The third kappa shape index (κ3) is 2.76. The molecule has 1 aromatic rings. The minimum absolute atomic E-state index is 0.0394. The van der Waals surface area contributed by atoms with E-state index >= 15 is 0 Å². The van der Waals surface area contributed by atoms with E-state index in [4.69, 9.17) is 16.3 Å². The molecule has 1 aliphatic heterocycles. The first-order chi connectivity index (χ1) is 6.96. The molecule has 1 heterocycles. The van der Waals surface area contributed by atoms with E-state index in [1.807, 2.05) is 0 Å². The lowest BCUT2D eigenvalue weighted by molar-refractivity contribution is -0.274. The van der Waals surface area contributed by atoms with Crippen LogP contribution in [0.1, 0.15) is 11.7 Å². The van der Waals surface area contributed by atoms with Crippen molar-refractivity contribution in [1.82, 2.24) is 0 Å². The van der Waals surface area contributed by atoms with Crippen LogP contribution < -0.4 is 4.74 Å². The van der Waals surface area contributed by atoms with Crippen LogP contribution in [0.15, 0.2) is 18.2 Å². The maximum Gasteiger partial charge on any atom is 0.573 e. The van der Waals surface area contributed by atoms with Crippen LogP contribution in [0.4, 0.5) is 13.2 Å². The van der Waals surface area contributed by atoms with E-state index in [9.17, 15) is 13.2 Å². The van der Waals surface area contributed by atoms with Crippen molar-refractivity contribution in [2.45, 2.75) is 12.5 Å². The molecule has 15 heavy (non-hydrogen) atoms. The van der Waals surface area contributed by atoms with Crippen molar-refractivity contribution in [3.63, 3.8) is 0 Å². The summed E-state index contributed by atoms with van der Waals surface area (Å²) in [4.78, 5) is 0. The minimum Gasteiger partial charge on any atom is -0.404 e. The molecule has 1 aliphatic rings. The first-order valence-electron chi connectivity index (χ1n) is 4.12. The zero-order valence-corrected chi connectivity index (χ0v) is 8.10. The van der Waals surface area contributed by atoms with Gasteiger partial charge >= 0.3 is 6.36 Å². The number of alkyl halides is 3. The van der Waals surface area contributed by atoms with Crippen LogP contribution in [0, 0.1) is 0 Å². The largest absolute Gasteiger partial charge is 0.573 e. The van der Waals surface area contributed by atoms with Gasteiger partial charge in [0.05, 0.1) is 11.6 Å². The quantitative estimate of drug-likeness (QED) is 0.738. The van der Waals surface area contributed by atoms with Crippen LogP contribution in [0.3, 0.4) is 0 Å². The van der Waals surface area contributed by atoms with Crippen LogP contribution >= 0.6 is 11.6 Å². The average molecular weight is 239 g/mol. The molecule has 0 bridgehead atoms. The highest BCUT2D eigenvalue weighted by Crippen LogP contribution is 2.36. The highest BCUT2D eigenvalue weighted by molar-refractivity contribution is 6.32. The Balaban J connectivity index is 2.18. The average Bonchev–Trinajstić information content (AvgIpc) is 2.89. The van der Waals surface area contributed by atoms with Gasteiger partial charge in [-0.2, -0.15) is 0 Å². The molecule has 0 N–H and O–H groups in total. The molecule has 0 amide bonds. The monoisotopic (exact) mass is 238 g/mol. The highest BCUT2D eigenvalue weighted by atomic mass is 35.5. The standard InChI is InChI=1S/C9H6ClF3O2/c10-6-3-5(8-4-14-8)1-2-7(6)15-9(11,12)13/h1-3,8H,4H2. The van der Waals surface area contributed by atoms with Crippen molar-refractivity contribution >= 4 is 11.6 Å². The molecule has 1 atom stereocenters. The summed E-state index contributed by atoms with van der Waals surface area (Å²) >= 11 is 5.63. The molecular formula is C9H6ClF3O2. The Morgan fingerprint density at radius 3 is 2.53 bits per heavy atom. The van der Waals surface area contributed by atoms with E-state index in [0.29, 0.717) is 6.61 Å². The van der Waals surface area contributed by atoms with Gasteiger partial charge in [-0.05, 0) is 17.7 Å². The summed E-state index contributed by atoms with van der Waals surface area (Å²) in [5.74, 6) is -0.395. The third-order valence-electron chi connectivity index (χ3n) is 1.89. The molecule has 82 valence electrons. The second-order valence-corrected chi connectivity index (χ2v) is 3.47. The molecule has 1 fully saturated rings. The molecular weight excluding hydrogens is 233 g/mol. The first kappa shape index (κ1) is 10.6. The maximum atomic E-state index is 11.9. The molecule has 1 saturated heterocycles. The lowest BCUT2D eigenvalue weighted by Crippen LogP contribution is -2.17.